The molecule has 4 rings (SSSR count). The van der Waals surface area contributed by atoms with Crippen molar-refractivity contribution in [2.45, 2.75) is 31.7 Å². The van der Waals surface area contributed by atoms with Crippen LogP contribution in [-0.4, -0.2) is 34.0 Å². The van der Waals surface area contributed by atoms with Crippen LogP contribution in [0.25, 0.3) is 11.0 Å². The average Bonchev–Trinajstić information content (AvgIpc) is 3.16. The van der Waals surface area contributed by atoms with Crippen LogP contribution in [0.4, 0.5) is 0 Å². The molecule has 0 spiro atoms. The van der Waals surface area contributed by atoms with Crippen molar-refractivity contribution in [1.82, 2.24) is 14.5 Å². The highest BCUT2D eigenvalue weighted by Crippen LogP contribution is 2.30. The Balaban J connectivity index is 1.60. The lowest BCUT2D eigenvalue weighted by Gasteiger charge is -2.14. The van der Waals surface area contributed by atoms with Gasteiger partial charge in [0.2, 0.25) is 5.91 Å². The zero-order valence-electron chi connectivity index (χ0n) is 14.6. The van der Waals surface area contributed by atoms with Gasteiger partial charge in [0.15, 0.2) is 0 Å². The molecule has 1 amide bonds. The highest BCUT2D eigenvalue weighted by atomic mass is 16.2. The first kappa shape index (κ1) is 15.9. The summed E-state index contributed by atoms with van der Waals surface area (Å²) in [5.74, 6) is 1.47. The Kier molecular flexibility index (Phi) is 4.26. The zero-order chi connectivity index (χ0) is 17.2. The molecular weight excluding hydrogens is 310 g/mol. The molecule has 4 heteroatoms. The number of benzene rings is 2. The summed E-state index contributed by atoms with van der Waals surface area (Å²) in [5.41, 5.74) is 3.57. The van der Waals surface area contributed by atoms with Crippen LogP contribution in [0.3, 0.4) is 0 Å². The number of likely N-dealkylation sites (N-methyl/N-ethyl adjacent to an activating group) is 1. The van der Waals surface area contributed by atoms with Crippen LogP contribution in [0, 0.1) is 0 Å². The summed E-state index contributed by atoms with van der Waals surface area (Å²) in [4.78, 5) is 18.7. The van der Waals surface area contributed by atoms with Crippen LogP contribution in [-0.2, 0) is 17.8 Å². The minimum atomic E-state index is 0.196. The lowest BCUT2D eigenvalue weighted by Crippen LogP contribution is -2.19. The largest absolute Gasteiger partial charge is 0.345 e. The summed E-state index contributed by atoms with van der Waals surface area (Å²) in [5, 5.41) is 0. The second-order valence-corrected chi connectivity index (χ2v) is 6.87. The second-order valence-electron chi connectivity index (χ2n) is 6.87. The first-order valence-corrected chi connectivity index (χ1v) is 8.95. The number of amides is 1. The van der Waals surface area contributed by atoms with Crippen LogP contribution in [0.2, 0.25) is 0 Å². The predicted molar refractivity (Wildman–Crippen MR) is 99.5 cm³/mol. The van der Waals surface area contributed by atoms with Crippen LogP contribution < -0.4 is 0 Å². The Morgan fingerprint density at radius 2 is 1.84 bits per heavy atom. The van der Waals surface area contributed by atoms with Gasteiger partial charge in [-0.1, -0.05) is 42.5 Å². The highest BCUT2D eigenvalue weighted by Gasteiger charge is 2.31. The van der Waals surface area contributed by atoms with Crippen molar-refractivity contribution < 1.29 is 4.79 Å². The van der Waals surface area contributed by atoms with E-state index in [0.717, 1.165) is 37.3 Å². The number of hydrogen-bond donors (Lipinski definition) is 0. The molecule has 3 aromatic rings. The molecule has 1 atom stereocenters. The van der Waals surface area contributed by atoms with Gasteiger partial charge in [-0.3, -0.25) is 4.79 Å². The molecule has 0 radical (unpaired) electrons. The van der Waals surface area contributed by atoms with E-state index in [-0.39, 0.29) is 11.8 Å². The fourth-order valence-electron chi connectivity index (χ4n) is 3.76. The van der Waals surface area contributed by atoms with E-state index >= 15 is 0 Å². The molecule has 0 bridgehead atoms. The van der Waals surface area contributed by atoms with Gasteiger partial charge in [-0.15, -0.1) is 0 Å². The molecule has 25 heavy (non-hydrogen) atoms. The lowest BCUT2D eigenvalue weighted by molar-refractivity contribution is -0.126. The Labute approximate surface area is 148 Å². The third-order valence-corrected chi connectivity index (χ3v) is 5.08. The molecule has 0 N–H and O–H groups in total. The van der Waals surface area contributed by atoms with E-state index in [1.807, 2.05) is 18.0 Å². The Hall–Kier alpha value is -2.62. The number of likely N-dealkylation sites (tertiary alicyclic amines) is 1. The zero-order valence-corrected chi connectivity index (χ0v) is 14.6. The molecular formula is C21H23N3O. The van der Waals surface area contributed by atoms with Crippen LogP contribution in [0.15, 0.2) is 54.6 Å². The van der Waals surface area contributed by atoms with E-state index in [1.54, 1.807) is 0 Å². The van der Waals surface area contributed by atoms with Gasteiger partial charge >= 0.3 is 0 Å². The maximum Gasteiger partial charge on any atom is 0.223 e. The first-order chi connectivity index (χ1) is 12.2. The Bertz CT molecular complexity index is 885. The normalized spacial score (nSPS) is 17.6. The maximum absolute atomic E-state index is 12.0. The van der Waals surface area contributed by atoms with Gasteiger partial charge in [-0.05, 0) is 30.5 Å². The average molecular weight is 333 g/mol. The lowest BCUT2D eigenvalue weighted by atomic mass is 10.1. The van der Waals surface area contributed by atoms with Crippen LogP contribution >= 0.6 is 0 Å². The van der Waals surface area contributed by atoms with Gasteiger partial charge in [-0.25, -0.2) is 4.98 Å². The number of para-hydroxylation sites is 2. The summed E-state index contributed by atoms with van der Waals surface area (Å²) in [6.45, 7) is 1.69. The molecule has 1 aliphatic heterocycles. The third kappa shape index (κ3) is 3.16. The summed E-state index contributed by atoms with van der Waals surface area (Å²) < 4.78 is 2.33. The van der Waals surface area contributed by atoms with Crippen molar-refractivity contribution in [3.8, 4) is 0 Å². The second kappa shape index (κ2) is 6.71. The third-order valence-electron chi connectivity index (χ3n) is 5.08. The fraction of sp³-hybridized carbons (Fsp3) is 0.333. The van der Waals surface area contributed by atoms with E-state index in [1.165, 1.54) is 11.1 Å². The van der Waals surface area contributed by atoms with Crippen LogP contribution in [0.1, 0.15) is 30.1 Å². The molecule has 1 aromatic heterocycles. The molecule has 1 unspecified atom stereocenters. The van der Waals surface area contributed by atoms with Gasteiger partial charge in [0.25, 0.3) is 0 Å². The number of aryl methyl sites for hydroxylation is 2. The highest BCUT2D eigenvalue weighted by molar-refractivity contribution is 5.80. The molecule has 2 heterocycles. The molecule has 2 aromatic carbocycles. The van der Waals surface area contributed by atoms with Gasteiger partial charge in [-0.2, -0.15) is 0 Å². The minimum Gasteiger partial charge on any atom is -0.345 e. The van der Waals surface area contributed by atoms with Crippen molar-refractivity contribution in [1.29, 1.82) is 0 Å². The van der Waals surface area contributed by atoms with E-state index < -0.39 is 0 Å². The first-order valence-electron chi connectivity index (χ1n) is 8.95. The monoisotopic (exact) mass is 333 g/mol. The maximum atomic E-state index is 12.0. The van der Waals surface area contributed by atoms with E-state index in [0.29, 0.717) is 6.42 Å². The number of rotatable bonds is 5. The smallest absolute Gasteiger partial charge is 0.223 e. The van der Waals surface area contributed by atoms with Crippen molar-refractivity contribution in [3.05, 3.63) is 66.0 Å². The molecule has 0 saturated carbocycles. The number of fused-ring (bicyclic) bond motifs is 1. The number of imidazole rings is 1. The molecule has 0 aliphatic carbocycles. The quantitative estimate of drug-likeness (QED) is 0.715. The summed E-state index contributed by atoms with van der Waals surface area (Å²) in [6, 6.07) is 18.9. The topological polar surface area (TPSA) is 38.1 Å². The number of aromatic nitrogens is 2. The number of hydrogen-bond acceptors (Lipinski definition) is 2. The SMILES string of the molecule is CN1CC(c2nc3ccccc3n2CCCc2ccccc2)CC1=O. The van der Waals surface area contributed by atoms with Gasteiger partial charge in [0.1, 0.15) is 5.82 Å². The summed E-state index contributed by atoms with van der Waals surface area (Å²) >= 11 is 0. The standard InChI is InChI=1S/C21H23N3O/c1-23-15-17(14-20(23)25)21-22-18-11-5-6-12-19(18)24(21)13-7-10-16-8-3-2-4-9-16/h2-6,8-9,11-12,17H,7,10,13-15H2,1H3. The van der Waals surface area contributed by atoms with E-state index in [9.17, 15) is 4.79 Å². The molecule has 1 aliphatic rings. The van der Waals surface area contributed by atoms with Gasteiger partial charge in [0.05, 0.1) is 11.0 Å². The minimum absolute atomic E-state index is 0.196. The van der Waals surface area contributed by atoms with Crippen LogP contribution in [0.5, 0.6) is 0 Å². The molecule has 128 valence electrons. The van der Waals surface area contributed by atoms with Crippen molar-refractivity contribution in [2.24, 2.45) is 0 Å². The number of carbonyl (C=O) groups excluding carboxylic acids is 1. The van der Waals surface area contributed by atoms with Crippen molar-refractivity contribution >= 4 is 16.9 Å². The molecule has 1 fully saturated rings. The summed E-state index contributed by atoms with van der Waals surface area (Å²) in [7, 11) is 1.88. The Morgan fingerprint density at radius 1 is 1.08 bits per heavy atom. The predicted octanol–water partition coefficient (Wildman–Crippen LogP) is 3.61. The van der Waals surface area contributed by atoms with Crippen molar-refractivity contribution in [2.75, 3.05) is 13.6 Å². The van der Waals surface area contributed by atoms with Gasteiger partial charge in [0, 0.05) is 32.5 Å². The summed E-state index contributed by atoms with van der Waals surface area (Å²) in [6.07, 6.45) is 2.68. The van der Waals surface area contributed by atoms with E-state index in [4.69, 9.17) is 4.98 Å². The van der Waals surface area contributed by atoms with Gasteiger partial charge < -0.3 is 9.47 Å². The molecule has 4 nitrogen and oxygen atoms in total. The molecule has 1 saturated heterocycles. The number of nitrogens with zero attached hydrogens (tertiary/aromatic N) is 3. The van der Waals surface area contributed by atoms with Crippen molar-refractivity contribution in [3.63, 3.8) is 0 Å². The number of carbonyl (C=O) groups is 1. The van der Waals surface area contributed by atoms with E-state index in [2.05, 4.69) is 53.1 Å². The fourth-order valence-corrected chi connectivity index (χ4v) is 3.76. The Morgan fingerprint density at radius 3 is 2.60 bits per heavy atom.